The molecule has 2 heterocycles. The number of hydrogen-bond acceptors (Lipinski definition) is 6. The first-order valence-electron chi connectivity index (χ1n) is 13.1. The topological polar surface area (TPSA) is 89.4 Å². The first-order chi connectivity index (χ1) is 20.5. The van der Waals surface area contributed by atoms with Gasteiger partial charge in [-0.1, -0.05) is 42.5 Å². The summed E-state index contributed by atoms with van der Waals surface area (Å²) in [5.41, 5.74) is 2.11. The molecule has 0 aliphatic carbocycles. The van der Waals surface area contributed by atoms with Gasteiger partial charge in [-0.25, -0.2) is 18.4 Å². The number of ether oxygens (including phenoxy) is 1. The zero-order chi connectivity index (χ0) is 30.6. The molecule has 0 fully saturated rings. The smallest absolute Gasteiger partial charge is 0.417 e. The number of halogens is 3. The van der Waals surface area contributed by atoms with Gasteiger partial charge in [0.05, 0.1) is 29.6 Å². The Hall–Kier alpha value is -4.68. The third-order valence-corrected chi connectivity index (χ3v) is 8.57. The molecule has 0 spiro atoms. The predicted octanol–water partition coefficient (Wildman–Crippen LogP) is 6.59. The van der Waals surface area contributed by atoms with E-state index in [0.29, 0.717) is 29.2 Å². The summed E-state index contributed by atoms with van der Waals surface area (Å²) in [5.74, 6) is 0.828. The molecule has 0 bridgehead atoms. The molecule has 8 nitrogen and oxygen atoms in total. The van der Waals surface area contributed by atoms with Gasteiger partial charge in [0.25, 0.3) is 0 Å². The van der Waals surface area contributed by atoms with E-state index < -0.39 is 21.8 Å². The normalized spacial score (nSPS) is 12.0. The van der Waals surface area contributed by atoms with Crippen molar-refractivity contribution in [2.24, 2.45) is 0 Å². The average Bonchev–Trinajstić information content (AvgIpc) is 3.46. The van der Waals surface area contributed by atoms with Crippen molar-refractivity contribution in [1.82, 2.24) is 18.8 Å². The van der Waals surface area contributed by atoms with Gasteiger partial charge in [-0.15, -0.1) is 0 Å². The van der Waals surface area contributed by atoms with Crippen LogP contribution < -0.4 is 10.1 Å². The maximum Gasteiger partial charge on any atom is 0.417 e. The number of methoxy groups -OCH3 is 1. The molecule has 0 atom stereocenters. The van der Waals surface area contributed by atoms with Gasteiger partial charge in [-0.05, 0) is 53.6 Å². The number of benzene rings is 3. The average molecular weight is 608 g/mol. The Balaban J connectivity index is 1.49. The van der Waals surface area contributed by atoms with Crippen molar-refractivity contribution in [2.75, 3.05) is 19.5 Å². The highest BCUT2D eigenvalue weighted by atomic mass is 32.2. The van der Waals surface area contributed by atoms with E-state index in [-0.39, 0.29) is 17.3 Å². The first-order valence-corrected chi connectivity index (χ1v) is 14.6. The maximum atomic E-state index is 13.9. The highest BCUT2D eigenvalue weighted by molar-refractivity contribution is 7.89. The fraction of sp³-hybridized carbons (Fsp3) is 0.161. The van der Waals surface area contributed by atoms with Gasteiger partial charge >= 0.3 is 6.18 Å². The quantitative estimate of drug-likeness (QED) is 0.193. The minimum Gasteiger partial charge on any atom is -0.497 e. The molecule has 43 heavy (non-hydrogen) atoms. The number of anilines is 2. The van der Waals surface area contributed by atoms with E-state index in [0.717, 1.165) is 23.4 Å². The lowest BCUT2D eigenvalue weighted by Crippen LogP contribution is -2.27. The molecule has 0 saturated heterocycles. The zero-order valence-corrected chi connectivity index (χ0v) is 24.1. The van der Waals surface area contributed by atoms with Gasteiger partial charge < -0.3 is 14.6 Å². The van der Waals surface area contributed by atoms with Crippen molar-refractivity contribution in [2.45, 2.75) is 24.2 Å². The number of sulfonamides is 1. The molecule has 0 aliphatic heterocycles. The Morgan fingerprint density at radius 2 is 1.67 bits per heavy atom. The van der Waals surface area contributed by atoms with Crippen LogP contribution in [0.4, 0.5) is 24.7 Å². The number of nitrogens with zero attached hydrogens (tertiary/aromatic N) is 4. The largest absolute Gasteiger partial charge is 0.497 e. The lowest BCUT2D eigenvalue weighted by Gasteiger charge is -2.20. The molecular formula is C31H28F3N5O3S. The van der Waals surface area contributed by atoms with E-state index in [2.05, 4.69) is 15.3 Å². The van der Waals surface area contributed by atoms with Crippen LogP contribution in [0.1, 0.15) is 16.7 Å². The fourth-order valence-corrected chi connectivity index (χ4v) is 5.77. The van der Waals surface area contributed by atoms with Crippen molar-refractivity contribution >= 4 is 21.5 Å². The molecule has 0 unspecified atom stereocenters. The third kappa shape index (κ3) is 7.04. The van der Waals surface area contributed by atoms with Gasteiger partial charge in [0.2, 0.25) is 10.0 Å². The second kappa shape index (κ2) is 12.3. The highest BCUT2D eigenvalue weighted by Crippen LogP contribution is 2.33. The van der Waals surface area contributed by atoms with E-state index in [9.17, 15) is 21.6 Å². The Labute approximate surface area is 247 Å². The lowest BCUT2D eigenvalue weighted by atomic mass is 10.1. The standard InChI is InChI=1S/C31H28F3N5O3S/c1-38(18-23-8-12-26(42-2)13-9-23)43(40,41)29-14-11-25(37-30-15-10-24(17-35-30)31(32,33)34)16-27(29)28-20-39(21-36-28)19-22-6-4-3-5-7-22/h3-17,20-21H,18-19H2,1-2H3,(H,35,37). The van der Waals surface area contributed by atoms with Crippen molar-refractivity contribution < 1.29 is 26.3 Å². The molecule has 2 aromatic heterocycles. The summed E-state index contributed by atoms with van der Waals surface area (Å²) >= 11 is 0. The van der Waals surface area contributed by atoms with Gasteiger partial charge in [0.1, 0.15) is 11.6 Å². The van der Waals surface area contributed by atoms with E-state index in [1.165, 1.54) is 29.6 Å². The zero-order valence-electron chi connectivity index (χ0n) is 23.3. The van der Waals surface area contributed by atoms with Gasteiger partial charge in [0.15, 0.2) is 0 Å². The number of aromatic nitrogens is 3. The molecule has 3 aromatic carbocycles. The summed E-state index contributed by atoms with van der Waals surface area (Å²) in [6.07, 6.45) is -0.394. The molecule has 222 valence electrons. The fourth-order valence-electron chi connectivity index (χ4n) is 4.44. The van der Waals surface area contributed by atoms with Crippen LogP contribution in [0.25, 0.3) is 11.3 Å². The van der Waals surface area contributed by atoms with Crippen LogP contribution >= 0.6 is 0 Å². The molecule has 0 aliphatic rings. The van der Waals surface area contributed by atoms with Crippen LogP contribution in [0.3, 0.4) is 0 Å². The number of rotatable bonds is 10. The van der Waals surface area contributed by atoms with Crippen molar-refractivity contribution in [3.05, 3.63) is 120 Å². The summed E-state index contributed by atoms with van der Waals surface area (Å²) in [6, 6.07) is 23.6. The number of pyridine rings is 1. The Bertz CT molecular complexity index is 1790. The molecule has 5 rings (SSSR count). The van der Waals surface area contributed by atoms with Crippen LogP contribution in [0.15, 0.2) is 109 Å². The summed E-state index contributed by atoms with van der Waals surface area (Å²) < 4.78 is 75.0. The second-order valence-electron chi connectivity index (χ2n) is 9.79. The molecule has 0 saturated carbocycles. The molecule has 0 radical (unpaired) electrons. The third-order valence-electron chi connectivity index (χ3n) is 6.71. The van der Waals surface area contributed by atoms with E-state index in [1.54, 1.807) is 50.0 Å². The van der Waals surface area contributed by atoms with E-state index in [1.807, 2.05) is 34.9 Å². The van der Waals surface area contributed by atoms with Crippen LogP contribution in [0.5, 0.6) is 5.75 Å². The monoisotopic (exact) mass is 607 g/mol. The van der Waals surface area contributed by atoms with Gasteiger partial charge in [-0.2, -0.15) is 17.5 Å². The minimum absolute atomic E-state index is 0.0272. The van der Waals surface area contributed by atoms with E-state index in [4.69, 9.17) is 4.74 Å². The molecule has 1 N–H and O–H groups in total. The summed E-state index contributed by atoms with van der Waals surface area (Å²) in [4.78, 5) is 8.40. The first kappa shape index (κ1) is 29.8. The summed E-state index contributed by atoms with van der Waals surface area (Å²) in [7, 11) is -0.957. The number of alkyl halides is 3. The second-order valence-corrected chi connectivity index (χ2v) is 11.8. The van der Waals surface area contributed by atoms with Crippen molar-refractivity contribution in [3.8, 4) is 17.0 Å². The van der Waals surface area contributed by atoms with Crippen LogP contribution in [0, 0.1) is 0 Å². The number of imidazole rings is 1. The molecule has 0 amide bonds. The molecule has 5 aromatic rings. The van der Waals surface area contributed by atoms with E-state index >= 15 is 0 Å². The summed E-state index contributed by atoms with van der Waals surface area (Å²) in [6.45, 7) is 0.643. The summed E-state index contributed by atoms with van der Waals surface area (Å²) in [5, 5.41) is 2.96. The SMILES string of the molecule is COc1ccc(CN(C)S(=O)(=O)c2ccc(Nc3ccc(C(F)(F)F)cn3)cc2-c2cn(Cc3ccccc3)cn2)cc1. The molecule has 12 heteroatoms. The number of nitrogens with one attached hydrogen (secondary N) is 1. The van der Waals surface area contributed by atoms with Crippen LogP contribution in [-0.4, -0.2) is 41.4 Å². The lowest BCUT2D eigenvalue weighted by molar-refractivity contribution is -0.137. The maximum absolute atomic E-state index is 13.9. The van der Waals surface area contributed by atoms with Crippen LogP contribution in [-0.2, 0) is 29.3 Å². The van der Waals surface area contributed by atoms with Crippen LogP contribution in [0.2, 0.25) is 0 Å². The van der Waals surface area contributed by atoms with Gasteiger partial charge in [0, 0.05) is 43.8 Å². The Kier molecular flexibility index (Phi) is 8.51. The van der Waals surface area contributed by atoms with Crippen molar-refractivity contribution in [3.63, 3.8) is 0 Å². The van der Waals surface area contributed by atoms with Crippen molar-refractivity contribution in [1.29, 1.82) is 0 Å². The Morgan fingerprint density at radius 1 is 0.930 bits per heavy atom. The minimum atomic E-state index is -4.51. The Morgan fingerprint density at radius 3 is 2.33 bits per heavy atom. The highest BCUT2D eigenvalue weighted by Gasteiger charge is 2.31. The predicted molar refractivity (Wildman–Crippen MR) is 157 cm³/mol. The number of hydrogen-bond donors (Lipinski definition) is 1. The molecular weight excluding hydrogens is 579 g/mol. The van der Waals surface area contributed by atoms with Gasteiger partial charge in [-0.3, -0.25) is 0 Å².